The molecule has 0 fully saturated rings. The number of hydrogen-bond acceptors (Lipinski definition) is 2. The summed E-state index contributed by atoms with van der Waals surface area (Å²) in [5.41, 5.74) is 3.39. The van der Waals surface area contributed by atoms with E-state index in [0.717, 1.165) is 22.6 Å². The van der Waals surface area contributed by atoms with Crippen LogP contribution in [0.1, 0.15) is 37.8 Å². The number of benzene rings is 2. The summed E-state index contributed by atoms with van der Waals surface area (Å²) in [6, 6.07) is 19.0. The second kappa shape index (κ2) is 15.4. The Morgan fingerprint density at radius 1 is 0.724 bits per heavy atom. The predicted molar refractivity (Wildman–Crippen MR) is 128 cm³/mol. The Labute approximate surface area is 190 Å². The fraction of sp³-hybridized carbons (Fsp3) is 0.273. The van der Waals surface area contributed by atoms with Crippen molar-refractivity contribution in [1.82, 2.24) is 0 Å². The van der Waals surface area contributed by atoms with Crippen molar-refractivity contribution < 1.29 is 9.59 Å². The molecule has 2 rings (SSSR count). The van der Waals surface area contributed by atoms with Gasteiger partial charge in [-0.15, -0.1) is 0 Å². The first kappa shape index (κ1) is 25.5. The summed E-state index contributed by atoms with van der Waals surface area (Å²) in [5, 5.41) is 0. The molecule has 0 aliphatic rings. The van der Waals surface area contributed by atoms with Crippen LogP contribution in [-0.4, -0.2) is 64.6 Å². The van der Waals surface area contributed by atoms with Gasteiger partial charge in [0, 0.05) is 11.4 Å². The van der Waals surface area contributed by atoms with Crippen LogP contribution in [0, 0.1) is 0 Å². The first-order valence-corrected chi connectivity index (χ1v) is 16.4. The fourth-order valence-electron chi connectivity index (χ4n) is 2.54. The molecule has 4 nitrogen and oxygen atoms in total. The van der Waals surface area contributed by atoms with E-state index in [1.165, 1.54) is 0 Å². The summed E-state index contributed by atoms with van der Waals surface area (Å²) in [6.45, 7) is 4.95. The average molecular weight is 540 g/mol. The van der Waals surface area contributed by atoms with E-state index in [2.05, 4.69) is 9.98 Å². The normalized spacial score (nSPS) is 11.4. The molecule has 0 bridgehead atoms. The van der Waals surface area contributed by atoms with Crippen LogP contribution in [0.15, 0.2) is 70.6 Å². The van der Waals surface area contributed by atoms with E-state index in [-0.39, 0.29) is 0 Å². The first-order valence-electron chi connectivity index (χ1n) is 9.14. The molecule has 0 aliphatic carbocycles. The van der Waals surface area contributed by atoms with Crippen LogP contribution >= 0.6 is 17.8 Å². The van der Waals surface area contributed by atoms with Gasteiger partial charge in [0.25, 0.3) is 0 Å². The van der Waals surface area contributed by atoms with Gasteiger partial charge >= 0.3 is 48.3 Å². The van der Waals surface area contributed by atoms with Gasteiger partial charge in [0.2, 0.25) is 0 Å². The molecule has 0 saturated heterocycles. The second-order valence-electron chi connectivity index (χ2n) is 6.28. The zero-order valence-electron chi connectivity index (χ0n) is 16.6. The Bertz CT molecular complexity index is 756. The monoisotopic (exact) mass is 540 g/mol. The molecule has 0 aromatic heterocycles. The van der Waals surface area contributed by atoms with Crippen molar-refractivity contribution in [2.24, 2.45) is 9.98 Å². The molecule has 7 heteroatoms. The third-order valence-corrected chi connectivity index (χ3v) is 3.92. The van der Waals surface area contributed by atoms with E-state index in [1.807, 2.05) is 74.5 Å². The van der Waals surface area contributed by atoms with E-state index in [4.69, 9.17) is 17.8 Å². The molecular formula is C22H26Cl2N2O2Sn+2. The van der Waals surface area contributed by atoms with Gasteiger partial charge in [-0.2, -0.15) is 0 Å². The van der Waals surface area contributed by atoms with Crippen LogP contribution in [0.3, 0.4) is 0 Å². The van der Waals surface area contributed by atoms with Crippen LogP contribution in [0.5, 0.6) is 0 Å². The van der Waals surface area contributed by atoms with Crippen molar-refractivity contribution in [3.63, 3.8) is 0 Å². The van der Waals surface area contributed by atoms with Crippen LogP contribution in [0.2, 0.25) is 0 Å². The number of rotatable bonds is 9. The fourth-order valence-corrected chi connectivity index (χ4v) is 2.54. The van der Waals surface area contributed by atoms with Crippen LogP contribution in [0.4, 0.5) is 0 Å². The minimum absolute atomic E-state index is 0.328. The number of halogens is 2. The van der Waals surface area contributed by atoms with Gasteiger partial charge in [-0.1, -0.05) is 36.4 Å². The Hall–Kier alpha value is -1.50. The quantitative estimate of drug-likeness (QED) is 0.143. The maximum absolute atomic E-state index is 10.1. The Morgan fingerprint density at radius 3 is 1.34 bits per heavy atom. The number of aliphatic imine (C=N–C) groups is 2. The van der Waals surface area contributed by atoms with Gasteiger partial charge < -0.3 is 0 Å². The molecule has 0 amide bonds. The summed E-state index contributed by atoms with van der Waals surface area (Å²) < 4.78 is 0. The predicted octanol–water partition coefficient (Wildman–Crippen LogP) is 4.87. The van der Waals surface area contributed by atoms with Crippen molar-refractivity contribution in [2.45, 2.75) is 26.7 Å². The summed E-state index contributed by atoms with van der Waals surface area (Å²) in [7, 11) is 9.87. The molecule has 0 atom stereocenters. The van der Waals surface area contributed by atoms with Gasteiger partial charge in [0.1, 0.15) is 12.8 Å². The van der Waals surface area contributed by atoms with E-state index in [0.29, 0.717) is 37.5 Å². The summed E-state index contributed by atoms with van der Waals surface area (Å²) >= 11 is -0.826. The Balaban J connectivity index is 0.00000132. The number of ketones is 2. The van der Waals surface area contributed by atoms with Gasteiger partial charge in [-0.3, -0.25) is 19.6 Å². The average Bonchev–Trinajstić information content (AvgIpc) is 2.73. The van der Waals surface area contributed by atoms with Gasteiger partial charge in [-0.25, -0.2) is 0 Å². The summed E-state index contributed by atoms with van der Waals surface area (Å²) in [5.74, 6) is 0.655. The van der Waals surface area contributed by atoms with E-state index in [1.54, 1.807) is 0 Å². The maximum atomic E-state index is 10.1. The van der Waals surface area contributed by atoms with Crippen LogP contribution < -0.4 is 0 Å². The van der Waals surface area contributed by atoms with E-state index < -0.39 is 18.9 Å². The van der Waals surface area contributed by atoms with Crippen molar-refractivity contribution in [3.05, 3.63) is 71.8 Å². The summed E-state index contributed by atoms with van der Waals surface area (Å²) in [4.78, 5) is 29.2. The summed E-state index contributed by atoms with van der Waals surface area (Å²) in [6.07, 6.45) is 0.880. The van der Waals surface area contributed by atoms with E-state index in [9.17, 15) is 9.59 Å². The van der Waals surface area contributed by atoms with Crippen LogP contribution in [0.25, 0.3) is 0 Å². The Kier molecular flexibility index (Phi) is 13.5. The third kappa shape index (κ3) is 11.3. The molecule has 2 aromatic carbocycles. The molecule has 0 saturated carbocycles. The van der Waals surface area contributed by atoms with Crippen molar-refractivity contribution in [2.75, 3.05) is 13.1 Å². The van der Waals surface area contributed by atoms with Crippen molar-refractivity contribution in [3.8, 4) is 0 Å². The molecule has 2 N–H and O–H groups in total. The third-order valence-electron chi connectivity index (χ3n) is 3.92. The topological polar surface area (TPSA) is 67.5 Å². The molecule has 2 radical (unpaired) electrons. The molecular weight excluding hydrogens is 514 g/mol. The standard InChI is InChI=1S/C22H24N2O2.2ClH.Sn/c1-17(15-21(25)19-9-5-3-6-10-19)23-13-14-24-18(2)16-22(26)20-11-7-4-8-12-20;;;/h3-12H,13-16H2,1-2H3;2*1H;/q;;;+2. The van der Waals surface area contributed by atoms with Gasteiger partial charge in [-0.05, 0) is 38.1 Å². The van der Waals surface area contributed by atoms with E-state index >= 15 is 0 Å². The van der Waals surface area contributed by atoms with Crippen LogP contribution in [-0.2, 0) is 0 Å². The zero-order valence-corrected chi connectivity index (χ0v) is 21.0. The molecule has 152 valence electrons. The molecule has 0 heterocycles. The molecule has 0 aliphatic heterocycles. The molecule has 0 spiro atoms. The second-order valence-corrected chi connectivity index (χ2v) is 10.5. The number of carbonyl (C=O) groups excluding carboxylic acids is 2. The minimum atomic E-state index is -0.826. The SMILES string of the molecule is CC(CC(=[OH+])c1ccccc1)=NCCN=C(C)CC(=[OH+])c1ccccc1.[Cl][Sn][Cl]. The van der Waals surface area contributed by atoms with Crippen molar-refractivity contribution in [1.29, 1.82) is 0 Å². The van der Waals surface area contributed by atoms with Crippen molar-refractivity contribution >= 4 is 59.7 Å². The molecule has 0 unspecified atom stereocenters. The van der Waals surface area contributed by atoms with Gasteiger partial charge in [0.15, 0.2) is 0 Å². The molecule has 29 heavy (non-hydrogen) atoms. The molecule has 2 aromatic rings. The first-order chi connectivity index (χ1) is 14.0. The Morgan fingerprint density at radius 2 is 1.03 bits per heavy atom. The van der Waals surface area contributed by atoms with Gasteiger partial charge in [0.05, 0.1) is 24.2 Å². The number of nitrogens with zero attached hydrogens (tertiary/aromatic N) is 2. The zero-order chi connectivity index (χ0) is 21.5. The number of hydrogen-bond donors (Lipinski definition) is 0.